The van der Waals surface area contributed by atoms with Crippen LogP contribution in [0.1, 0.15) is 26.2 Å². The molecule has 86 valence electrons. The maximum absolute atomic E-state index is 4.13. The predicted molar refractivity (Wildman–Crippen MR) is 72.8 cm³/mol. The SMILES string of the molecule is C=C(C)[C@@H]1CCC[C@H]1CSc1ccccc1. The molecule has 1 fully saturated rings. The molecular weight excluding hydrogens is 212 g/mol. The van der Waals surface area contributed by atoms with Gasteiger partial charge in [0.05, 0.1) is 0 Å². The van der Waals surface area contributed by atoms with E-state index in [1.165, 1.54) is 35.5 Å². The van der Waals surface area contributed by atoms with E-state index in [9.17, 15) is 0 Å². The van der Waals surface area contributed by atoms with E-state index in [-0.39, 0.29) is 0 Å². The standard InChI is InChI=1S/C15H20S/c1-12(2)15-10-6-7-13(15)11-16-14-8-4-3-5-9-14/h3-5,8-9,13,15H,1,6-7,10-11H2,2H3/t13-,15-/m0/s1. The first-order chi connectivity index (χ1) is 7.77. The monoisotopic (exact) mass is 232 g/mol. The van der Waals surface area contributed by atoms with Crippen LogP contribution in [0.4, 0.5) is 0 Å². The summed E-state index contributed by atoms with van der Waals surface area (Å²) in [6.07, 6.45) is 4.13. The molecule has 2 atom stereocenters. The van der Waals surface area contributed by atoms with Gasteiger partial charge >= 0.3 is 0 Å². The number of benzene rings is 1. The molecule has 0 nitrogen and oxygen atoms in total. The summed E-state index contributed by atoms with van der Waals surface area (Å²) < 4.78 is 0. The molecule has 1 saturated carbocycles. The van der Waals surface area contributed by atoms with Gasteiger partial charge in [0.25, 0.3) is 0 Å². The average Bonchev–Trinajstić information content (AvgIpc) is 2.76. The van der Waals surface area contributed by atoms with E-state index >= 15 is 0 Å². The van der Waals surface area contributed by atoms with E-state index in [1.807, 2.05) is 11.8 Å². The number of rotatable bonds is 4. The van der Waals surface area contributed by atoms with Crippen LogP contribution in [-0.2, 0) is 0 Å². The van der Waals surface area contributed by atoms with Gasteiger partial charge in [0.15, 0.2) is 0 Å². The largest absolute Gasteiger partial charge is 0.126 e. The zero-order valence-electron chi connectivity index (χ0n) is 9.99. The summed E-state index contributed by atoms with van der Waals surface area (Å²) in [6, 6.07) is 10.7. The van der Waals surface area contributed by atoms with Gasteiger partial charge in [-0.1, -0.05) is 36.8 Å². The van der Waals surface area contributed by atoms with Gasteiger partial charge in [0.1, 0.15) is 0 Å². The third kappa shape index (κ3) is 2.91. The zero-order chi connectivity index (χ0) is 11.4. The van der Waals surface area contributed by atoms with Gasteiger partial charge in [-0.25, -0.2) is 0 Å². The normalized spacial score (nSPS) is 24.6. The molecular formula is C15H20S. The Morgan fingerprint density at radius 1 is 1.31 bits per heavy atom. The molecule has 0 aliphatic heterocycles. The third-order valence-corrected chi connectivity index (χ3v) is 4.70. The fraction of sp³-hybridized carbons (Fsp3) is 0.467. The van der Waals surface area contributed by atoms with Crippen LogP contribution < -0.4 is 0 Å². The molecule has 0 N–H and O–H groups in total. The zero-order valence-corrected chi connectivity index (χ0v) is 10.8. The van der Waals surface area contributed by atoms with Crippen LogP contribution in [0.25, 0.3) is 0 Å². The number of hydrogen-bond acceptors (Lipinski definition) is 1. The quantitative estimate of drug-likeness (QED) is 0.532. The molecule has 0 bridgehead atoms. The van der Waals surface area contributed by atoms with Crippen LogP contribution in [-0.4, -0.2) is 5.75 Å². The fourth-order valence-corrected chi connectivity index (χ4v) is 3.76. The van der Waals surface area contributed by atoms with Crippen LogP contribution in [0, 0.1) is 11.8 Å². The van der Waals surface area contributed by atoms with Gasteiger partial charge < -0.3 is 0 Å². The molecule has 0 amide bonds. The van der Waals surface area contributed by atoms with Crippen LogP contribution in [0.15, 0.2) is 47.4 Å². The third-order valence-electron chi connectivity index (χ3n) is 3.50. The van der Waals surface area contributed by atoms with Gasteiger partial charge in [0, 0.05) is 10.6 Å². The molecule has 0 radical (unpaired) electrons. The Kier molecular flexibility index (Phi) is 4.11. The molecule has 0 aromatic heterocycles. The van der Waals surface area contributed by atoms with E-state index in [1.54, 1.807) is 0 Å². The summed E-state index contributed by atoms with van der Waals surface area (Å²) in [7, 11) is 0. The van der Waals surface area contributed by atoms with Gasteiger partial charge in [-0.2, -0.15) is 0 Å². The summed E-state index contributed by atoms with van der Waals surface area (Å²) in [5, 5.41) is 0. The van der Waals surface area contributed by atoms with Gasteiger partial charge in [0.2, 0.25) is 0 Å². The maximum atomic E-state index is 4.13. The Labute approximate surface area is 103 Å². The highest BCUT2D eigenvalue weighted by atomic mass is 32.2. The molecule has 0 heterocycles. The minimum atomic E-state index is 0.774. The summed E-state index contributed by atoms with van der Waals surface area (Å²) >= 11 is 2.00. The highest BCUT2D eigenvalue weighted by Crippen LogP contribution is 2.39. The van der Waals surface area contributed by atoms with Crippen molar-refractivity contribution in [2.45, 2.75) is 31.1 Å². The van der Waals surface area contributed by atoms with Crippen molar-refractivity contribution >= 4 is 11.8 Å². The number of thioether (sulfide) groups is 1. The van der Waals surface area contributed by atoms with Crippen LogP contribution in [0.3, 0.4) is 0 Å². The first kappa shape index (κ1) is 11.8. The maximum Gasteiger partial charge on any atom is 0.00720 e. The molecule has 1 aliphatic carbocycles. The number of allylic oxidation sites excluding steroid dienone is 1. The minimum absolute atomic E-state index is 0.774. The second-order valence-corrected chi connectivity index (χ2v) is 5.86. The molecule has 1 aromatic rings. The van der Waals surface area contributed by atoms with Crippen molar-refractivity contribution in [1.29, 1.82) is 0 Å². The lowest BCUT2D eigenvalue weighted by Gasteiger charge is -2.19. The molecule has 0 saturated heterocycles. The molecule has 16 heavy (non-hydrogen) atoms. The van der Waals surface area contributed by atoms with Crippen molar-refractivity contribution in [2.24, 2.45) is 11.8 Å². The van der Waals surface area contributed by atoms with Crippen molar-refractivity contribution < 1.29 is 0 Å². The van der Waals surface area contributed by atoms with Crippen LogP contribution in [0.5, 0.6) is 0 Å². The predicted octanol–water partition coefficient (Wildman–Crippen LogP) is 4.77. The van der Waals surface area contributed by atoms with Crippen molar-refractivity contribution in [1.82, 2.24) is 0 Å². The summed E-state index contributed by atoms with van der Waals surface area (Å²) in [4.78, 5) is 1.40. The lowest BCUT2D eigenvalue weighted by Crippen LogP contribution is -2.11. The molecule has 0 unspecified atom stereocenters. The summed E-state index contributed by atoms with van der Waals surface area (Å²) in [6.45, 7) is 6.32. The van der Waals surface area contributed by atoms with Crippen molar-refractivity contribution in [2.75, 3.05) is 5.75 Å². The van der Waals surface area contributed by atoms with E-state index in [4.69, 9.17) is 0 Å². The Morgan fingerprint density at radius 3 is 2.75 bits per heavy atom. The topological polar surface area (TPSA) is 0 Å². The van der Waals surface area contributed by atoms with Crippen LogP contribution in [0.2, 0.25) is 0 Å². The lowest BCUT2D eigenvalue weighted by atomic mass is 9.92. The Morgan fingerprint density at radius 2 is 2.06 bits per heavy atom. The van der Waals surface area contributed by atoms with E-state index in [0.29, 0.717) is 0 Å². The highest BCUT2D eigenvalue weighted by molar-refractivity contribution is 7.99. The fourth-order valence-electron chi connectivity index (χ4n) is 2.61. The average molecular weight is 232 g/mol. The minimum Gasteiger partial charge on any atom is -0.126 e. The molecule has 0 spiro atoms. The van der Waals surface area contributed by atoms with Crippen molar-refractivity contribution in [3.8, 4) is 0 Å². The Balaban J connectivity index is 1.88. The van der Waals surface area contributed by atoms with Gasteiger partial charge in [-0.05, 0) is 43.7 Å². The van der Waals surface area contributed by atoms with E-state index < -0.39 is 0 Å². The highest BCUT2D eigenvalue weighted by Gasteiger charge is 2.27. The first-order valence-corrected chi connectivity index (χ1v) is 7.09. The Bertz CT molecular complexity index is 342. The van der Waals surface area contributed by atoms with Gasteiger partial charge in [-0.15, -0.1) is 11.8 Å². The van der Waals surface area contributed by atoms with Crippen molar-refractivity contribution in [3.63, 3.8) is 0 Å². The number of hydrogen-bond donors (Lipinski definition) is 0. The van der Waals surface area contributed by atoms with E-state index in [2.05, 4.69) is 43.8 Å². The van der Waals surface area contributed by atoms with E-state index in [0.717, 1.165) is 11.8 Å². The molecule has 2 rings (SSSR count). The second-order valence-electron chi connectivity index (χ2n) is 4.77. The van der Waals surface area contributed by atoms with Crippen LogP contribution >= 0.6 is 11.8 Å². The first-order valence-electron chi connectivity index (χ1n) is 6.10. The molecule has 1 aliphatic rings. The summed E-state index contributed by atoms with van der Waals surface area (Å²) in [5.74, 6) is 2.88. The molecule has 1 aromatic carbocycles. The second kappa shape index (κ2) is 5.58. The van der Waals surface area contributed by atoms with Gasteiger partial charge in [-0.3, -0.25) is 0 Å². The van der Waals surface area contributed by atoms with Crippen molar-refractivity contribution in [3.05, 3.63) is 42.5 Å². The smallest absolute Gasteiger partial charge is 0.00720 e. The molecule has 1 heteroatoms. The lowest BCUT2D eigenvalue weighted by molar-refractivity contribution is 0.489. The Hall–Kier alpha value is -0.690. The summed E-state index contributed by atoms with van der Waals surface area (Å²) in [5.41, 5.74) is 1.39.